The Hall–Kier alpha value is -1.35. The molecule has 1 saturated heterocycles. The SMILES string of the molecule is C=CCNC(=O)[C@H](C)Sc1nnc(C[C@H]2CCS(=O)(=O)C2)n1C. The van der Waals surface area contributed by atoms with E-state index in [-0.39, 0.29) is 28.6 Å². The summed E-state index contributed by atoms with van der Waals surface area (Å²) in [5.41, 5.74) is 0. The van der Waals surface area contributed by atoms with Gasteiger partial charge in [0.15, 0.2) is 15.0 Å². The third-order valence-corrected chi connectivity index (χ3v) is 6.77. The third kappa shape index (κ3) is 4.81. The van der Waals surface area contributed by atoms with Gasteiger partial charge >= 0.3 is 0 Å². The molecule has 0 aromatic carbocycles. The molecule has 23 heavy (non-hydrogen) atoms. The highest BCUT2D eigenvalue weighted by molar-refractivity contribution is 8.00. The van der Waals surface area contributed by atoms with E-state index in [0.717, 1.165) is 5.82 Å². The first-order chi connectivity index (χ1) is 10.8. The molecular formula is C14H22N4O3S2. The van der Waals surface area contributed by atoms with Gasteiger partial charge in [0.1, 0.15) is 5.82 Å². The van der Waals surface area contributed by atoms with Crippen LogP contribution >= 0.6 is 11.8 Å². The van der Waals surface area contributed by atoms with Gasteiger partial charge in [0, 0.05) is 20.0 Å². The van der Waals surface area contributed by atoms with E-state index in [9.17, 15) is 13.2 Å². The number of hydrogen-bond acceptors (Lipinski definition) is 6. The molecular weight excluding hydrogens is 336 g/mol. The average molecular weight is 358 g/mol. The van der Waals surface area contributed by atoms with Crippen LogP contribution in [-0.4, -0.2) is 52.4 Å². The Bertz CT molecular complexity index is 684. The van der Waals surface area contributed by atoms with Crippen molar-refractivity contribution in [3.63, 3.8) is 0 Å². The van der Waals surface area contributed by atoms with Crippen molar-refractivity contribution in [2.75, 3.05) is 18.1 Å². The summed E-state index contributed by atoms with van der Waals surface area (Å²) in [5, 5.41) is 11.4. The quantitative estimate of drug-likeness (QED) is 0.566. The Morgan fingerprint density at radius 2 is 2.30 bits per heavy atom. The van der Waals surface area contributed by atoms with Crippen LogP contribution < -0.4 is 5.32 Å². The second-order valence-electron chi connectivity index (χ2n) is 5.72. The fraction of sp³-hybridized carbons (Fsp3) is 0.643. The molecule has 1 aromatic rings. The fourth-order valence-electron chi connectivity index (χ4n) is 2.44. The highest BCUT2D eigenvalue weighted by Crippen LogP contribution is 2.25. The Morgan fingerprint density at radius 3 is 2.91 bits per heavy atom. The molecule has 0 aliphatic carbocycles. The molecule has 0 spiro atoms. The van der Waals surface area contributed by atoms with E-state index in [1.54, 1.807) is 13.0 Å². The first-order valence-electron chi connectivity index (χ1n) is 7.46. The monoisotopic (exact) mass is 358 g/mol. The zero-order chi connectivity index (χ0) is 17.0. The summed E-state index contributed by atoms with van der Waals surface area (Å²) in [5.74, 6) is 1.27. The standard InChI is InChI=1S/C14H22N4O3S2/c1-4-6-15-13(19)10(2)22-14-17-16-12(18(14)3)8-11-5-7-23(20,21)9-11/h4,10-11H,1,5-9H2,2-3H3,(H,15,19)/t10-,11+/m0/s1. The molecule has 0 unspecified atom stereocenters. The summed E-state index contributed by atoms with van der Waals surface area (Å²) >= 11 is 1.33. The summed E-state index contributed by atoms with van der Waals surface area (Å²) in [4.78, 5) is 11.9. The maximum absolute atomic E-state index is 11.9. The number of nitrogens with one attached hydrogen (secondary N) is 1. The van der Waals surface area contributed by atoms with Gasteiger partial charge in [0.05, 0.1) is 16.8 Å². The summed E-state index contributed by atoms with van der Waals surface area (Å²) in [7, 11) is -1.04. The maximum Gasteiger partial charge on any atom is 0.233 e. The number of rotatable bonds is 7. The summed E-state index contributed by atoms with van der Waals surface area (Å²) in [6.07, 6.45) is 2.91. The molecule has 7 nitrogen and oxygen atoms in total. The van der Waals surface area contributed by atoms with Crippen LogP contribution in [0.2, 0.25) is 0 Å². The molecule has 1 aliphatic heterocycles. The number of hydrogen-bond donors (Lipinski definition) is 1. The van der Waals surface area contributed by atoms with E-state index in [0.29, 0.717) is 24.5 Å². The number of amides is 1. The predicted molar refractivity (Wildman–Crippen MR) is 90.0 cm³/mol. The predicted octanol–water partition coefficient (Wildman–Crippen LogP) is 0.575. The van der Waals surface area contributed by atoms with Crippen molar-refractivity contribution in [2.24, 2.45) is 13.0 Å². The largest absolute Gasteiger partial charge is 0.352 e. The molecule has 0 bridgehead atoms. The fourth-order valence-corrected chi connectivity index (χ4v) is 5.16. The van der Waals surface area contributed by atoms with Crippen molar-refractivity contribution in [1.82, 2.24) is 20.1 Å². The molecule has 1 N–H and O–H groups in total. The smallest absolute Gasteiger partial charge is 0.233 e. The molecule has 128 valence electrons. The number of nitrogens with zero attached hydrogens (tertiary/aromatic N) is 3. The number of aromatic nitrogens is 3. The van der Waals surface area contributed by atoms with Crippen LogP contribution in [-0.2, 0) is 28.1 Å². The van der Waals surface area contributed by atoms with Crippen molar-refractivity contribution in [2.45, 2.75) is 30.2 Å². The van der Waals surface area contributed by atoms with E-state index in [2.05, 4.69) is 22.1 Å². The summed E-state index contributed by atoms with van der Waals surface area (Å²) in [6, 6.07) is 0. The lowest BCUT2D eigenvalue weighted by atomic mass is 10.1. The first-order valence-corrected chi connectivity index (χ1v) is 10.2. The third-order valence-electron chi connectivity index (χ3n) is 3.80. The van der Waals surface area contributed by atoms with Gasteiger partial charge in [-0.3, -0.25) is 4.79 Å². The normalized spacial score (nSPS) is 21.0. The Morgan fingerprint density at radius 1 is 1.57 bits per heavy atom. The average Bonchev–Trinajstić information content (AvgIpc) is 3.01. The molecule has 2 atom stereocenters. The van der Waals surface area contributed by atoms with Gasteiger partial charge < -0.3 is 9.88 Å². The van der Waals surface area contributed by atoms with Crippen molar-refractivity contribution < 1.29 is 13.2 Å². The second kappa shape index (κ2) is 7.48. The van der Waals surface area contributed by atoms with Gasteiger partial charge in [-0.15, -0.1) is 16.8 Å². The molecule has 1 amide bonds. The van der Waals surface area contributed by atoms with Gasteiger partial charge in [0.2, 0.25) is 5.91 Å². The lowest BCUT2D eigenvalue weighted by molar-refractivity contribution is -0.120. The van der Waals surface area contributed by atoms with Crippen LogP contribution in [0.25, 0.3) is 0 Å². The van der Waals surface area contributed by atoms with E-state index >= 15 is 0 Å². The molecule has 2 rings (SSSR count). The van der Waals surface area contributed by atoms with E-state index in [4.69, 9.17) is 0 Å². The van der Waals surface area contributed by atoms with Gasteiger partial charge in [-0.05, 0) is 19.3 Å². The Kier molecular flexibility index (Phi) is 5.85. The van der Waals surface area contributed by atoms with Gasteiger partial charge in [-0.25, -0.2) is 8.42 Å². The molecule has 1 fully saturated rings. The highest BCUT2D eigenvalue weighted by Gasteiger charge is 2.29. The molecule has 1 aliphatic rings. The van der Waals surface area contributed by atoms with Gasteiger partial charge in [-0.2, -0.15) is 0 Å². The lowest BCUT2D eigenvalue weighted by Crippen LogP contribution is -2.31. The minimum absolute atomic E-state index is 0.0821. The minimum atomic E-state index is -2.88. The lowest BCUT2D eigenvalue weighted by Gasteiger charge is -2.11. The number of carbonyl (C=O) groups is 1. The van der Waals surface area contributed by atoms with E-state index in [1.165, 1.54) is 11.8 Å². The van der Waals surface area contributed by atoms with Crippen molar-refractivity contribution in [3.05, 3.63) is 18.5 Å². The summed E-state index contributed by atoms with van der Waals surface area (Å²) in [6.45, 7) is 5.80. The van der Waals surface area contributed by atoms with E-state index in [1.807, 2.05) is 11.6 Å². The number of thioether (sulfide) groups is 1. The Labute approximate surface area is 140 Å². The van der Waals surface area contributed by atoms with E-state index < -0.39 is 9.84 Å². The van der Waals surface area contributed by atoms with Crippen LogP contribution in [0, 0.1) is 5.92 Å². The molecule has 0 radical (unpaired) electrons. The second-order valence-corrected chi connectivity index (χ2v) is 9.26. The number of sulfone groups is 1. The zero-order valence-corrected chi connectivity index (χ0v) is 15.0. The van der Waals surface area contributed by atoms with Crippen molar-refractivity contribution >= 4 is 27.5 Å². The van der Waals surface area contributed by atoms with Crippen LogP contribution in [0.4, 0.5) is 0 Å². The molecule has 2 heterocycles. The highest BCUT2D eigenvalue weighted by atomic mass is 32.2. The Balaban J connectivity index is 1.96. The van der Waals surface area contributed by atoms with Crippen molar-refractivity contribution in [1.29, 1.82) is 0 Å². The van der Waals surface area contributed by atoms with Crippen LogP contribution in [0.5, 0.6) is 0 Å². The van der Waals surface area contributed by atoms with Crippen LogP contribution in [0.1, 0.15) is 19.2 Å². The summed E-state index contributed by atoms with van der Waals surface area (Å²) < 4.78 is 24.9. The zero-order valence-electron chi connectivity index (χ0n) is 13.4. The van der Waals surface area contributed by atoms with Crippen molar-refractivity contribution in [3.8, 4) is 0 Å². The van der Waals surface area contributed by atoms with Gasteiger partial charge in [-0.1, -0.05) is 17.8 Å². The first kappa shape index (κ1) is 18.0. The van der Waals surface area contributed by atoms with Gasteiger partial charge in [0.25, 0.3) is 0 Å². The molecule has 9 heteroatoms. The maximum atomic E-state index is 11.9. The topological polar surface area (TPSA) is 94.0 Å². The number of carbonyl (C=O) groups excluding carboxylic acids is 1. The van der Waals surface area contributed by atoms with Crippen LogP contribution in [0.15, 0.2) is 17.8 Å². The molecule has 1 aromatic heterocycles. The minimum Gasteiger partial charge on any atom is -0.352 e. The van der Waals surface area contributed by atoms with Crippen LogP contribution in [0.3, 0.4) is 0 Å². The molecule has 0 saturated carbocycles.